The van der Waals surface area contributed by atoms with Crippen molar-refractivity contribution in [3.8, 4) is 0 Å². The summed E-state index contributed by atoms with van der Waals surface area (Å²) in [6.07, 6.45) is 5.44. The zero-order valence-electron chi connectivity index (χ0n) is 6.95. The number of allylic oxidation sites excluding steroid dienone is 2. The molecule has 1 aromatic rings. The molecule has 1 aromatic carbocycles. The summed E-state index contributed by atoms with van der Waals surface area (Å²) < 4.78 is 1.19. The molecule has 0 spiro atoms. The quantitative estimate of drug-likeness (QED) is 0.377. The summed E-state index contributed by atoms with van der Waals surface area (Å²) in [5, 5.41) is 0. The van der Waals surface area contributed by atoms with Gasteiger partial charge in [0.2, 0.25) is 0 Å². The predicted molar refractivity (Wildman–Crippen MR) is 59.7 cm³/mol. The summed E-state index contributed by atoms with van der Waals surface area (Å²) in [4.78, 5) is 0.549. The summed E-state index contributed by atoms with van der Waals surface area (Å²) in [7, 11) is 0. The fraction of sp³-hybridized carbons (Fsp3) is 0.300. The van der Waals surface area contributed by atoms with Gasteiger partial charge < -0.3 is 6.08 Å². The largest absolute Gasteiger partial charge is 2.00 e. The second kappa shape index (κ2) is 7.90. The van der Waals surface area contributed by atoms with Gasteiger partial charge in [0, 0.05) is 4.83 Å². The van der Waals surface area contributed by atoms with Gasteiger partial charge in [-0.3, -0.25) is 0 Å². The van der Waals surface area contributed by atoms with E-state index in [9.17, 15) is 0 Å². The van der Waals surface area contributed by atoms with Crippen LogP contribution in [0, 0.1) is 6.08 Å². The third-order valence-electron chi connectivity index (χ3n) is 1.52. The third-order valence-corrected chi connectivity index (χ3v) is 3.89. The Morgan fingerprint density at radius 1 is 1.38 bits per heavy atom. The zero-order chi connectivity index (χ0) is 8.81. The van der Waals surface area contributed by atoms with Gasteiger partial charge in [-0.05, 0) is 0 Å². The Morgan fingerprint density at radius 2 is 2.00 bits per heavy atom. The van der Waals surface area contributed by atoms with Crippen LogP contribution in [0.4, 0.5) is 0 Å². The van der Waals surface area contributed by atoms with Crippen molar-refractivity contribution >= 4 is 31.9 Å². The van der Waals surface area contributed by atoms with Crippen molar-refractivity contribution in [3.63, 3.8) is 0 Å². The van der Waals surface area contributed by atoms with Gasteiger partial charge in [-0.2, -0.15) is 29.1 Å². The normalized spacial score (nSPS) is 19.5. The van der Waals surface area contributed by atoms with Gasteiger partial charge in [0.05, 0.1) is 0 Å². The van der Waals surface area contributed by atoms with Crippen molar-refractivity contribution in [2.24, 2.45) is 0 Å². The third kappa shape index (κ3) is 5.77. The molecular weight excluding hydrogens is 339 g/mol. The van der Waals surface area contributed by atoms with Crippen LogP contribution in [0.15, 0.2) is 34.8 Å². The molecule has 0 fully saturated rings. The molecule has 0 saturated carbocycles. The summed E-state index contributed by atoms with van der Waals surface area (Å²) in [5.74, 6) is 0. The molecule has 0 nitrogen and oxygen atoms in total. The molecule has 0 saturated heterocycles. The molecule has 13 heavy (non-hydrogen) atoms. The van der Waals surface area contributed by atoms with Crippen molar-refractivity contribution in [1.82, 2.24) is 0 Å². The van der Waals surface area contributed by atoms with E-state index in [1.54, 1.807) is 0 Å². The number of rotatable bonds is 0. The molecule has 0 radical (unpaired) electrons. The fourth-order valence-corrected chi connectivity index (χ4v) is 1.69. The van der Waals surface area contributed by atoms with Gasteiger partial charge in [-0.25, -0.2) is 12.1 Å². The van der Waals surface area contributed by atoms with E-state index in [2.05, 4.69) is 37.9 Å². The Labute approximate surface area is 106 Å². The molecule has 1 unspecified atom stereocenters. The molecule has 0 aromatic heterocycles. The van der Waals surface area contributed by atoms with Crippen molar-refractivity contribution < 1.29 is 16.5 Å². The van der Waals surface area contributed by atoms with Crippen LogP contribution in [0.1, 0.15) is 12.8 Å². The van der Waals surface area contributed by atoms with E-state index < -0.39 is 0 Å². The number of hydrogen-bond acceptors (Lipinski definition) is 0. The summed E-state index contributed by atoms with van der Waals surface area (Å²) in [6.45, 7) is 0. The van der Waals surface area contributed by atoms with Crippen LogP contribution in [-0.2, 0) is 16.5 Å². The molecule has 0 N–H and O–H groups in total. The van der Waals surface area contributed by atoms with Crippen LogP contribution < -0.4 is 0 Å². The number of halogens is 2. The first kappa shape index (κ1) is 13.5. The van der Waals surface area contributed by atoms with E-state index in [0.29, 0.717) is 4.83 Å². The molecule has 1 atom stereocenters. The monoisotopic (exact) mass is 346 g/mol. The molecular formula is C10H10Br2Ni. The van der Waals surface area contributed by atoms with Gasteiger partial charge in [-0.1, -0.05) is 38.3 Å². The number of alkyl halides is 1. The Morgan fingerprint density at radius 3 is 2.15 bits per heavy atom. The van der Waals surface area contributed by atoms with Crippen molar-refractivity contribution in [1.29, 1.82) is 0 Å². The van der Waals surface area contributed by atoms with Crippen molar-refractivity contribution in [2.45, 2.75) is 17.7 Å². The Hall–Kier alpha value is 0.544. The van der Waals surface area contributed by atoms with Gasteiger partial charge in [-0.15, -0.1) is 0 Å². The Bertz CT molecular complexity index is 212. The maximum atomic E-state index is 3.46. The maximum Gasteiger partial charge on any atom is 2.00 e. The first-order chi connectivity index (χ1) is 5.80. The van der Waals surface area contributed by atoms with Crippen LogP contribution in [0.3, 0.4) is 0 Å². The SMILES string of the molecule is BrC1=[C-]CCC1Br.[Ni+2].c1cc[cH-]c1. The minimum absolute atomic E-state index is 0. The van der Waals surface area contributed by atoms with Gasteiger partial charge in [0.15, 0.2) is 0 Å². The molecule has 0 aliphatic heterocycles. The minimum atomic E-state index is 0. The van der Waals surface area contributed by atoms with E-state index in [1.807, 2.05) is 30.3 Å². The summed E-state index contributed by atoms with van der Waals surface area (Å²) >= 11 is 6.82. The second-order valence-electron chi connectivity index (χ2n) is 2.49. The van der Waals surface area contributed by atoms with Crippen LogP contribution in [0.5, 0.6) is 0 Å². The Balaban J connectivity index is 0.000000215. The van der Waals surface area contributed by atoms with Gasteiger partial charge >= 0.3 is 16.5 Å². The van der Waals surface area contributed by atoms with E-state index in [0.717, 1.165) is 6.42 Å². The zero-order valence-corrected chi connectivity index (χ0v) is 11.1. The van der Waals surface area contributed by atoms with E-state index in [1.165, 1.54) is 10.9 Å². The molecule has 0 heterocycles. The first-order valence-corrected chi connectivity index (χ1v) is 5.58. The van der Waals surface area contributed by atoms with Crippen LogP contribution >= 0.6 is 31.9 Å². The molecule has 0 amide bonds. The smallest absolute Gasteiger partial charge is 0.485 e. The average Bonchev–Trinajstić information content (AvgIpc) is 2.67. The van der Waals surface area contributed by atoms with E-state index in [-0.39, 0.29) is 16.5 Å². The average molecular weight is 349 g/mol. The first-order valence-electron chi connectivity index (χ1n) is 3.87. The molecule has 0 bridgehead atoms. The van der Waals surface area contributed by atoms with E-state index in [4.69, 9.17) is 0 Å². The second-order valence-corrected chi connectivity index (χ2v) is 4.45. The van der Waals surface area contributed by atoms with Crippen molar-refractivity contribution in [2.75, 3.05) is 0 Å². The van der Waals surface area contributed by atoms with Crippen LogP contribution in [0.25, 0.3) is 0 Å². The number of hydrogen-bond donors (Lipinski definition) is 0. The molecule has 1 aliphatic rings. The summed E-state index contributed by atoms with van der Waals surface area (Å²) in [5.41, 5.74) is 0. The van der Waals surface area contributed by atoms with Crippen molar-refractivity contribution in [3.05, 3.63) is 40.9 Å². The fourth-order valence-electron chi connectivity index (χ4n) is 0.877. The Kier molecular flexibility index (Phi) is 8.23. The molecule has 74 valence electrons. The minimum Gasteiger partial charge on any atom is -0.485 e. The van der Waals surface area contributed by atoms with E-state index >= 15 is 0 Å². The van der Waals surface area contributed by atoms with Crippen LogP contribution in [0.2, 0.25) is 0 Å². The van der Waals surface area contributed by atoms with Crippen LogP contribution in [-0.4, -0.2) is 4.83 Å². The summed E-state index contributed by atoms with van der Waals surface area (Å²) in [6, 6.07) is 10.0. The molecule has 2 rings (SSSR count). The van der Waals surface area contributed by atoms with Gasteiger partial charge in [0.1, 0.15) is 0 Å². The molecule has 3 heteroatoms. The standard InChI is InChI=1S/C5H5Br2.C5H5.Ni/c6-4-2-1-3-5(4)7;1-2-4-5-3-1;/h4H,1-2H2;1-5H;/q2*-1;+2. The topological polar surface area (TPSA) is 0 Å². The molecule has 1 aliphatic carbocycles. The predicted octanol–water partition coefficient (Wildman–Crippen LogP) is 4.03. The van der Waals surface area contributed by atoms with Gasteiger partial charge in [0.25, 0.3) is 0 Å². The maximum absolute atomic E-state index is 3.46.